The van der Waals surface area contributed by atoms with E-state index in [1.165, 1.54) is 51.4 Å². The zero-order valence-electron chi connectivity index (χ0n) is 35.7. The Balaban J connectivity index is 1.85. The maximum Gasteiger partial charge on any atom is 0.306 e. The molecule has 0 amide bonds. The number of unbranched alkanes of at least 4 members (excludes halogenated alkanes) is 16. The number of rotatable bonds is 33. The molecule has 7 N–H and O–H groups in total. The zero-order chi connectivity index (χ0) is 43.3. The topological polar surface area (TPSA) is 231 Å². The minimum atomic E-state index is -1.76. The van der Waals surface area contributed by atoms with Crippen molar-refractivity contribution in [3.8, 4) is 0 Å². The van der Waals surface area contributed by atoms with E-state index in [1.54, 1.807) is 0 Å². The molecule has 0 aromatic rings. The van der Waals surface area contributed by atoms with Gasteiger partial charge in [-0.3, -0.25) is 9.59 Å². The van der Waals surface area contributed by atoms with Crippen LogP contribution in [0, 0.1) is 0 Å². The van der Waals surface area contributed by atoms with Gasteiger partial charge in [0.1, 0.15) is 55.4 Å². The number of ether oxygens (including phenoxy) is 6. The lowest BCUT2D eigenvalue weighted by Gasteiger charge is -2.42. The molecule has 0 bridgehead atoms. The zero-order valence-corrected chi connectivity index (χ0v) is 35.7. The van der Waals surface area contributed by atoms with Crippen molar-refractivity contribution < 1.29 is 73.8 Å². The predicted molar refractivity (Wildman–Crippen MR) is 220 cm³/mol. The van der Waals surface area contributed by atoms with Crippen LogP contribution in [0.2, 0.25) is 0 Å². The highest BCUT2D eigenvalue weighted by atomic mass is 16.7. The molecule has 11 atom stereocenters. The average molecular weight is 847 g/mol. The fourth-order valence-corrected chi connectivity index (χ4v) is 6.91. The maximum atomic E-state index is 12.8. The third-order valence-electron chi connectivity index (χ3n) is 10.7. The Morgan fingerprint density at radius 2 is 1.00 bits per heavy atom. The second kappa shape index (κ2) is 32.7. The number of hydrogen-bond donors (Lipinski definition) is 7. The molecule has 15 heteroatoms. The summed E-state index contributed by atoms with van der Waals surface area (Å²) in [5.74, 6) is -0.947. The molecule has 0 radical (unpaired) electrons. The Hall–Kier alpha value is -2.02. The van der Waals surface area contributed by atoms with Crippen molar-refractivity contribution in [2.24, 2.45) is 0 Å². The largest absolute Gasteiger partial charge is 0.462 e. The number of hydrogen-bond acceptors (Lipinski definition) is 15. The van der Waals surface area contributed by atoms with Crippen LogP contribution in [0.5, 0.6) is 0 Å². The highest BCUT2D eigenvalue weighted by Crippen LogP contribution is 2.26. The molecule has 2 aliphatic heterocycles. The van der Waals surface area contributed by atoms with Gasteiger partial charge in [0, 0.05) is 12.8 Å². The van der Waals surface area contributed by atoms with Crippen molar-refractivity contribution in [3.05, 3.63) is 24.3 Å². The molecule has 2 fully saturated rings. The molecular weight excluding hydrogens is 768 g/mol. The Labute approximate surface area is 352 Å². The van der Waals surface area contributed by atoms with Gasteiger partial charge in [0.15, 0.2) is 18.7 Å². The van der Waals surface area contributed by atoms with E-state index in [9.17, 15) is 45.3 Å². The van der Waals surface area contributed by atoms with Crippen molar-refractivity contribution in [2.45, 2.75) is 216 Å². The van der Waals surface area contributed by atoms with E-state index in [0.717, 1.165) is 57.8 Å². The van der Waals surface area contributed by atoms with Crippen molar-refractivity contribution >= 4 is 11.9 Å². The van der Waals surface area contributed by atoms with E-state index in [0.29, 0.717) is 12.8 Å². The Kier molecular flexibility index (Phi) is 29.4. The number of aliphatic hydroxyl groups is 7. The van der Waals surface area contributed by atoms with Crippen LogP contribution in [0.4, 0.5) is 0 Å². The molecule has 0 aromatic heterocycles. The summed E-state index contributed by atoms with van der Waals surface area (Å²) < 4.78 is 33.3. The van der Waals surface area contributed by atoms with Gasteiger partial charge in [0.25, 0.3) is 0 Å². The molecule has 59 heavy (non-hydrogen) atoms. The monoisotopic (exact) mass is 847 g/mol. The van der Waals surface area contributed by atoms with E-state index in [2.05, 4.69) is 38.2 Å². The van der Waals surface area contributed by atoms with Crippen molar-refractivity contribution in [2.75, 3.05) is 26.4 Å². The van der Waals surface area contributed by atoms with E-state index in [4.69, 9.17) is 28.4 Å². The lowest BCUT2D eigenvalue weighted by molar-refractivity contribution is -0.332. The van der Waals surface area contributed by atoms with Gasteiger partial charge >= 0.3 is 11.9 Å². The van der Waals surface area contributed by atoms with Crippen LogP contribution in [0.15, 0.2) is 24.3 Å². The smallest absolute Gasteiger partial charge is 0.306 e. The summed E-state index contributed by atoms with van der Waals surface area (Å²) in [4.78, 5) is 25.5. The normalized spacial score (nSPS) is 28.0. The summed E-state index contributed by atoms with van der Waals surface area (Å²) in [5.41, 5.74) is 0. The standard InChI is InChI=1S/C44H78O15/c1-3-5-7-9-11-13-14-15-16-17-18-19-21-22-24-26-35(46)54-29-32(57-36(47)27-25-23-20-12-10-8-6-4-2)30-55-43-42(53)40(51)38(49)34(59-43)31-56-44-41(52)39(50)37(48)33(28-45)58-44/h13-16,32-34,37-45,48-53H,3-12,17-31H2,1-2H3/b14-13+,16-15+/t32-,33-,34-,37+,38+,39?,40?,41?,42?,43-,44-/m1/s1. The van der Waals surface area contributed by atoms with Gasteiger partial charge in [-0.05, 0) is 38.5 Å². The van der Waals surface area contributed by atoms with Crippen LogP contribution in [0.3, 0.4) is 0 Å². The minimum Gasteiger partial charge on any atom is -0.462 e. The second-order valence-corrected chi connectivity index (χ2v) is 15.9. The van der Waals surface area contributed by atoms with Gasteiger partial charge in [0.05, 0.1) is 19.8 Å². The first-order valence-corrected chi connectivity index (χ1v) is 22.4. The number of esters is 2. The van der Waals surface area contributed by atoms with Gasteiger partial charge in [-0.25, -0.2) is 0 Å². The lowest BCUT2D eigenvalue weighted by Crippen LogP contribution is -2.61. The lowest BCUT2D eigenvalue weighted by atomic mass is 9.98. The minimum absolute atomic E-state index is 0.163. The Morgan fingerprint density at radius 1 is 0.542 bits per heavy atom. The number of allylic oxidation sites excluding steroid dienone is 4. The molecule has 4 unspecified atom stereocenters. The highest BCUT2D eigenvalue weighted by molar-refractivity contribution is 5.70. The van der Waals surface area contributed by atoms with E-state index in [1.807, 2.05) is 0 Å². The molecule has 2 rings (SSSR count). The van der Waals surface area contributed by atoms with Crippen LogP contribution in [0.1, 0.15) is 149 Å². The molecule has 15 nitrogen and oxygen atoms in total. The highest BCUT2D eigenvalue weighted by Gasteiger charge is 2.47. The molecule has 0 aliphatic carbocycles. The van der Waals surface area contributed by atoms with E-state index >= 15 is 0 Å². The molecule has 2 saturated heterocycles. The molecule has 0 saturated carbocycles. The fourth-order valence-electron chi connectivity index (χ4n) is 6.91. The second-order valence-electron chi connectivity index (χ2n) is 15.9. The van der Waals surface area contributed by atoms with Gasteiger partial charge in [0.2, 0.25) is 0 Å². The van der Waals surface area contributed by atoms with Gasteiger partial charge in [-0.2, -0.15) is 0 Å². The van der Waals surface area contributed by atoms with E-state index < -0.39 is 92.7 Å². The summed E-state index contributed by atoms with van der Waals surface area (Å²) in [7, 11) is 0. The van der Waals surface area contributed by atoms with E-state index in [-0.39, 0.29) is 26.1 Å². The van der Waals surface area contributed by atoms with Crippen molar-refractivity contribution in [1.29, 1.82) is 0 Å². The van der Waals surface area contributed by atoms with Gasteiger partial charge in [-0.15, -0.1) is 0 Å². The summed E-state index contributed by atoms with van der Waals surface area (Å²) >= 11 is 0. The van der Waals surface area contributed by atoms with Crippen LogP contribution < -0.4 is 0 Å². The first kappa shape index (κ1) is 53.1. The molecule has 0 spiro atoms. The third kappa shape index (κ3) is 22.1. The summed E-state index contributed by atoms with van der Waals surface area (Å²) in [6.45, 7) is 2.49. The average Bonchev–Trinajstić information content (AvgIpc) is 3.23. The quantitative estimate of drug-likeness (QED) is 0.0275. The molecule has 2 heterocycles. The van der Waals surface area contributed by atoms with Crippen LogP contribution in [-0.4, -0.2) is 142 Å². The first-order valence-electron chi connectivity index (χ1n) is 22.4. The number of carbonyl (C=O) groups is 2. The van der Waals surface area contributed by atoms with Crippen LogP contribution in [0.25, 0.3) is 0 Å². The van der Waals surface area contributed by atoms with Gasteiger partial charge < -0.3 is 64.2 Å². The SMILES string of the molecule is CCCCCC/C=C/C=C/CCCCCCCC(=O)OC[C@H](CO[C@@H]1O[C@H](CO[C@@H]2O[C@H](CO)[C@H](O)C(O)C2O)[C@H](O)C(O)C1O)OC(=O)CCCCCCCCCC. The Morgan fingerprint density at radius 3 is 1.56 bits per heavy atom. The summed E-state index contributed by atoms with van der Waals surface area (Å²) in [6.07, 6.45) is 12.4. The third-order valence-corrected chi connectivity index (χ3v) is 10.7. The maximum absolute atomic E-state index is 12.8. The predicted octanol–water partition coefficient (Wildman–Crippen LogP) is 4.43. The first-order chi connectivity index (χ1) is 28.5. The molecule has 344 valence electrons. The van der Waals surface area contributed by atoms with Crippen molar-refractivity contribution in [3.63, 3.8) is 0 Å². The fraction of sp³-hybridized carbons (Fsp3) is 0.864. The summed E-state index contributed by atoms with van der Waals surface area (Å²) in [6, 6.07) is 0. The summed E-state index contributed by atoms with van der Waals surface area (Å²) in [5, 5.41) is 71.7. The molecule has 0 aromatic carbocycles. The number of carbonyl (C=O) groups excluding carboxylic acids is 2. The Bertz CT molecular complexity index is 1140. The van der Waals surface area contributed by atoms with Crippen LogP contribution >= 0.6 is 0 Å². The van der Waals surface area contributed by atoms with Crippen molar-refractivity contribution in [1.82, 2.24) is 0 Å². The van der Waals surface area contributed by atoms with Crippen LogP contribution in [-0.2, 0) is 38.0 Å². The molecule has 2 aliphatic rings. The number of aliphatic hydroxyl groups excluding tert-OH is 7. The molecular formula is C44H78O15. The van der Waals surface area contributed by atoms with Gasteiger partial charge in [-0.1, -0.05) is 122 Å².